The van der Waals surface area contributed by atoms with Gasteiger partial charge in [-0.15, -0.1) is 0 Å². The highest BCUT2D eigenvalue weighted by Crippen LogP contribution is 2.26. The molecule has 18 heavy (non-hydrogen) atoms. The third-order valence-corrected chi connectivity index (χ3v) is 4.19. The van der Waals surface area contributed by atoms with Crippen LogP contribution in [0.1, 0.15) is 51.1 Å². The molecule has 1 aliphatic rings. The Morgan fingerprint density at radius 3 is 2.44 bits per heavy atom. The fourth-order valence-electron chi connectivity index (χ4n) is 2.87. The lowest BCUT2D eigenvalue weighted by molar-refractivity contribution is 0.263. The first-order chi connectivity index (χ1) is 8.70. The summed E-state index contributed by atoms with van der Waals surface area (Å²) in [6, 6.07) is 9.49. The first-order valence-electron chi connectivity index (χ1n) is 7.10. The first-order valence-corrected chi connectivity index (χ1v) is 7.10. The second-order valence-electron chi connectivity index (χ2n) is 5.53. The van der Waals surface area contributed by atoms with Gasteiger partial charge in [-0.25, -0.2) is 0 Å². The third kappa shape index (κ3) is 3.26. The largest absolute Gasteiger partial charge is 0.497 e. The summed E-state index contributed by atoms with van der Waals surface area (Å²) in [6.07, 6.45) is 5.46. The number of benzene rings is 1. The second kappa shape index (κ2) is 6.24. The minimum Gasteiger partial charge on any atom is -0.497 e. The van der Waals surface area contributed by atoms with Crippen LogP contribution in [-0.2, 0) is 0 Å². The molecule has 3 atom stereocenters. The van der Waals surface area contributed by atoms with E-state index in [-0.39, 0.29) is 0 Å². The van der Waals surface area contributed by atoms with Gasteiger partial charge in [-0.05, 0) is 43.4 Å². The Labute approximate surface area is 111 Å². The van der Waals surface area contributed by atoms with Crippen molar-refractivity contribution in [3.05, 3.63) is 29.8 Å². The minimum absolute atomic E-state index is 0.418. The van der Waals surface area contributed by atoms with Crippen molar-refractivity contribution in [3.8, 4) is 5.75 Å². The maximum Gasteiger partial charge on any atom is 0.118 e. The highest BCUT2D eigenvalue weighted by Gasteiger charge is 2.22. The predicted molar refractivity (Wildman–Crippen MR) is 76.0 cm³/mol. The van der Waals surface area contributed by atoms with E-state index in [0.717, 1.165) is 11.7 Å². The van der Waals surface area contributed by atoms with Gasteiger partial charge in [-0.2, -0.15) is 0 Å². The molecule has 1 aromatic rings. The lowest BCUT2D eigenvalue weighted by atomic mass is 9.85. The summed E-state index contributed by atoms with van der Waals surface area (Å²) >= 11 is 0. The van der Waals surface area contributed by atoms with E-state index in [9.17, 15) is 0 Å². The molecule has 1 aromatic carbocycles. The molecule has 2 heteroatoms. The topological polar surface area (TPSA) is 21.3 Å². The van der Waals surface area contributed by atoms with Gasteiger partial charge >= 0.3 is 0 Å². The maximum absolute atomic E-state index is 5.20. The molecule has 0 amide bonds. The third-order valence-electron chi connectivity index (χ3n) is 4.19. The van der Waals surface area contributed by atoms with Gasteiger partial charge in [0.1, 0.15) is 5.75 Å². The number of hydrogen-bond donors (Lipinski definition) is 1. The molecular weight excluding hydrogens is 222 g/mol. The van der Waals surface area contributed by atoms with E-state index in [1.807, 2.05) is 12.1 Å². The molecule has 1 aliphatic carbocycles. The molecule has 1 N–H and O–H groups in total. The molecule has 2 nitrogen and oxygen atoms in total. The molecule has 0 bridgehead atoms. The number of hydrogen-bond acceptors (Lipinski definition) is 2. The van der Waals surface area contributed by atoms with Crippen molar-refractivity contribution in [3.63, 3.8) is 0 Å². The zero-order chi connectivity index (χ0) is 13.0. The fourth-order valence-corrected chi connectivity index (χ4v) is 2.87. The van der Waals surface area contributed by atoms with E-state index in [4.69, 9.17) is 4.74 Å². The normalized spacial score (nSPS) is 25.7. The average molecular weight is 247 g/mol. The summed E-state index contributed by atoms with van der Waals surface area (Å²) < 4.78 is 5.20. The fraction of sp³-hybridized carbons (Fsp3) is 0.625. The average Bonchev–Trinajstić information content (AvgIpc) is 2.41. The van der Waals surface area contributed by atoms with E-state index >= 15 is 0 Å². The smallest absolute Gasteiger partial charge is 0.118 e. The minimum atomic E-state index is 0.418. The van der Waals surface area contributed by atoms with Gasteiger partial charge in [0, 0.05) is 12.1 Å². The molecule has 1 fully saturated rings. The first kappa shape index (κ1) is 13.4. The van der Waals surface area contributed by atoms with Gasteiger partial charge < -0.3 is 10.1 Å². The van der Waals surface area contributed by atoms with E-state index < -0.39 is 0 Å². The van der Waals surface area contributed by atoms with Crippen LogP contribution in [0.2, 0.25) is 0 Å². The van der Waals surface area contributed by atoms with Crippen LogP contribution in [0, 0.1) is 5.92 Å². The summed E-state index contributed by atoms with van der Waals surface area (Å²) in [4.78, 5) is 0. The summed E-state index contributed by atoms with van der Waals surface area (Å²) in [7, 11) is 1.71. The van der Waals surface area contributed by atoms with E-state index in [1.165, 1.54) is 31.2 Å². The Balaban J connectivity index is 1.95. The van der Waals surface area contributed by atoms with Crippen LogP contribution in [0.5, 0.6) is 5.75 Å². The van der Waals surface area contributed by atoms with Crippen molar-refractivity contribution in [1.29, 1.82) is 0 Å². The molecule has 2 unspecified atom stereocenters. The molecule has 0 radical (unpaired) electrons. The van der Waals surface area contributed by atoms with Gasteiger partial charge in [0.2, 0.25) is 0 Å². The van der Waals surface area contributed by atoms with Gasteiger partial charge in [0.25, 0.3) is 0 Å². The molecule has 2 rings (SSSR count). The van der Waals surface area contributed by atoms with Crippen LogP contribution in [0.25, 0.3) is 0 Å². The van der Waals surface area contributed by atoms with Gasteiger partial charge in [0.15, 0.2) is 0 Å². The van der Waals surface area contributed by atoms with Crippen molar-refractivity contribution in [1.82, 2.24) is 5.32 Å². The number of nitrogens with one attached hydrogen (secondary N) is 1. The van der Waals surface area contributed by atoms with Crippen LogP contribution < -0.4 is 10.1 Å². The lowest BCUT2D eigenvalue weighted by Crippen LogP contribution is -2.38. The van der Waals surface area contributed by atoms with Crippen molar-refractivity contribution in [2.75, 3.05) is 7.11 Å². The molecule has 100 valence electrons. The zero-order valence-corrected chi connectivity index (χ0v) is 11.8. The van der Waals surface area contributed by atoms with Crippen molar-refractivity contribution < 1.29 is 4.74 Å². The highest BCUT2D eigenvalue weighted by atomic mass is 16.5. The van der Waals surface area contributed by atoms with Crippen molar-refractivity contribution in [2.24, 2.45) is 5.92 Å². The highest BCUT2D eigenvalue weighted by molar-refractivity contribution is 5.28. The molecule has 1 saturated carbocycles. The summed E-state index contributed by atoms with van der Waals surface area (Å²) in [6.45, 7) is 4.63. The van der Waals surface area contributed by atoms with E-state index in [0.29, 0.717) is 12.1 Å². The Morgan fingerprint density at radius 2 is 1.83 bits per heavy atom. The molecule has 0 spiro atoms. The lowest BCUT2D eigenvalue weighted by Gasteiger charge is -2.32. The number of methoxy groups -OCH3 is 1. The van der Waals surface area contributed by atoms with Gasteiger partial charge in [-0.3, -0.25) is 0 Å². The van der Waals surface area contributed by atoms with Gasteiger partial charge in [-0.1, -0.05) is 31.9 Å². The quantitative estimate of drug-likeness (QED) is 0.870. The SMILES string of the molecule is COc1ccc([C@@H](C)NC2CCCCC2C)cc1. The maximum atomic E-state index is 5.20. The van der Waals surface area contributed by atoms with Crippen LogP contribution >= 0.6 is 0 Å². The van der Waals surface area contributed by atoms with Crippen molar-refractivity contribution >= 4 is 0 Å². The number of ether oxygens (including phenoxy) is 1. The Bertz CT molecular complexity index is 360. The molecule has 0 aliphatic heterocycles. The Morgan fingerprint density at radius 1 is 1.17 bits per heavy atom. The van der Waals surface area contributed by atoms with Crippen LogP contribution in [0.15, 0.2) is 24.3 Å². The molecule has 0 heterocycles. The standard InChI is InChI=1S/C16H25NO/c1-12-6-4-5-7-16(12)17-13(2)14-8-10-15(18-3)11-9-14/h8-13,16-17H,4-7H2,1-3H3/t12?,13-,16?/m1/s1. The van der Waals surface area contributed by atoms with Crippen LogP contribution in [0.3, 0.4) is 0 Å². The Hall–Kier alpha value is -1.02. The molecule has 0 aromatic heterocycles. The Kier molecular flexibility index (Phi) is 4.65. The van der Waals surface area contributed by atoms with Crippen LogP contribution in [-0.4, -0.2) is 13.2 Å². The van der Waals surface area contributed by atoms with Crippen LogP contribution in [0.4, 0.5) is 0 Å². The van der Waals surface area contributed by atoms with E-state index in [2.05, 4.69) is 31.3 Å². The van der Waals surface area contributed by atoms with Crippen molar-refractivity contribution in [2.45, 2.75) is 51.6 Å². The molecule has 0 saturated heterocycles. The second-order valence-corrected chi connectivity index (χ2v) is 5.53. The molecular formula is C16H25NO. The summed E-state index contributed by atoms with van der Waals surface area (Å²) in [5.74, 6) is 1.73. The predicted octanol–water partition coefficient (Wildman–Crippen LogP) is 3.92. The number of rotatable bonds is 4. The zero-order valence-electron chi connectivity index (χ0n) is 11.8. The van der Waals surface area contributed by atoms with E-state index in [1.54, 1.807) is 7.11 Å². The summed E-state index contributed by atoms with van der Waals surface area (Å²) in [5, 5.41) is 3.78. The monoisotopic (exact) mass is 247 g/mol. The van der Waals surface area contributed by atoms with Gasteiger partial charge in [0.05, 0.1) is 7.11 Å². The summed E-state index contributed by atoms with van der Waals surface area (Å²) in [5.41, 5.74) is 1.34.